The summed E-state index contributed by atoms with van der Waals surface area (Å²) in [7, 11) is 0. The minimum absolute atomic E-state index is 0.136. The second-order valence-corrected chi connectivity index (χ2v) is 5.79. The molecule has 0 radical (unpaired) electrons. The SMILES string of the molecule is O=[N+]([O-])[13c]1c(Nc2cccc(C(F)(F)F)c2)sc2ccccc21. The van der Waals surface area contributed by atoms with E-state index in [1.54, 1.807) is 24.3 Å². The Morgan fingerprint density at radius 1 is 1.09 bits per heavy atom. The molecule has 0 fully saturated rings. The first-order chi connectivity index (χ1) is 10.9. The molecule has 0 saturated heterocycles. The Balaban J connectivity index is 2.05. The largest absolute Gasteiger partial charge is 0.416 e. The predicted octanol–water partition coefficient (Wildman–Crippen LogP) is 5.57. The van der Waals surface area contributed by atoms with Gasteiger partial charge in [0.1, 0.15) is 0 Å². The molecule has 3 rings (SSSR count). The normalized spacial score (nSPS) is 11.6. The van der Waals surface area contributed by atoms with Gasteiger partial charge in [-0.3, -0.25) is 10.1 Å². The van der Waals surface area contributed by atoms with E-state index in [0.717, 1.165) is 23.5 Å². The first kappa shape index (κ1) is 15.3. The van der Waals surface area contributed by atoms with Crippen LogP contribution in [-0.2, 0) is 6.18 Å². The van der Waals surface area contributed by atoms with E-state index >= 15 is 0 Å². The standard InChI is InChI=1S/C15H9F3N2O2S/c16-15(17,18)9-4-3-5-10(8-9)19-14-13(20(21)22)11-6-1-2-7-12(11)23-14/h1-8,19H/i13+1. The summed E-state index contributed by atoms with van der Waals surface area (Å²) in [5.74, 6) is 0. The second kappa shape index (κ2) is 5.54. The van der Waals surface area contributed by atoms with Crippen LogP contribution in [0.1, 0.15) is 5.56 Å². The fourth-order valence-electron chi connectivity index (χ4n) is 2.20. The van der Waals surface area contributed by atoms with Gasteiger partial charge >= 0.3 is 11.9 Å². The van der Waals surface area contributed by atoms with Crippen molar-refractivity contribution in [2.75, 3.05) is 5.32 Å². The third-order valence-electron chi connectivity index (χ3n) is 3.20. The first-order valence-corrected chi connectivity index (χ1v) is 7.28. The molecule has 1 aromatic heterocycles. The van der Waals surface area contributed by atoms with Gasteiger partial charge in [0.2, 0.25) is 0 Å². The van der Waals surface area contributed by atoms with Gasteiger partial charge in [-0.25, -0.2) is 0 Å². The monoisotopic (exact) mass is 339 g/mol. The van der Waals surface area contributed by atoms with Crippen LogP contribution in [0.2, 0.25) is 0 Å². The Labute approximate surface area is 132 Å². The molecule has 23 heavy (non-hydrogen) atoms. The molecule has 3 aromatic rings. The molecule has 118 valence electrons. The summed E-state index contributed by atoms with van der Waals surface area (Å²) in [5, 5.41) is 14.7. The highest BCUT2D eigenvalue weighted by Gasteiger charge is 2.30. The molecule has 2 aromatic carbocycles. The summed E-state index contributed by atoms with van der Waals surface area (Å²) in [6, 6.07) is 11.3. The summed E-state index contributed by atoms with van der Waals surface area (Å²) in [4.78, 5) is 10.8. The minimum atomic E-state index is -4.47. The second-order valence-electron chi connectivity index (χ2n) is 4.74. The van der Waals surface area contributed by atoms with E-state index in [2.05, 4.69) is 5.32 Å². The zero-order valence-corrected chi connectivity index (χ0v) is 12.2. The number of rotatable bonds is 3. The van der Waals surface area contributed by atoms with Crippen LogP contribution in [0.3, 0.4) is 0 Å². The molecule has 0 aliphatic heterocycles. The Morgan fingerprint density at radius 3 is 2.52 bits per heavy atom. The van der Waals surface area contributed by atoms with Crippen LogP contribution >= 0.6 is 11.3 Å². The fourth-order valence-corrected chi connectivity index (χ4v) is 3.29. The summed E-state index contributed by atoms with van der Waals surface area (Å²) >= 11 is 1.13. The number of alkyl halides is 3. The van der Waals surface area contributed by atoms with Crippen LogP contribution in [0.4, 0.5) is 29.5 Å². The third-order valence-corrected chi connectivity index (χ3v) is 4.28. The number of hydrogen-bond acceptors (Lipinski definition) is 4. The average molecular weight is 339 g/mol. The number of fused-ring (bicyclic) bond motifs is 1. The number of nitrogens with one attached hydrogen (secondary N) is 1. The van der Waals surface area contributed by atoms with E-state index < -0.39 is 16.7 Å². The van der Waals surface area contributed by atoms with Crippen molar-refractivity contribution < 1.29 is 18.1 Å². The Kier molecular flexibility index (Phi) is 3.69. The van der Waals surface area contributed by atoms with Crippen molar-refractivity contribution in [3.05, 3.63) is 64.2 Å². The molecule has 0 bridgehead atoms. The van der Waals surface area contributed by atoms with Gasteiger partial charge < -0.3 is 5.32 Å². The summed E-state index contributed by atoms with van der Waals surface area (Å²) in [6.45, 7) is 0. The van der Waals surface area contributed by atoms with Crippen LogP contribution < -0.4 is 5.32 Å². The smallest absolute Gasteiger partial charge is 0.341 e. The van der Waals surface area contributed by atoms with E-state index in [1.807, 2.05) is 0 Å². The zero-order valence-electron chi connectivity index (χ0n) is 11.4. The van der Waals surface area contributed by atoms with E-state index in [1.165, 1.54) is 12.1 Å². The van der Waals surface area contributed by atoms with E-state index in [0.29, 0.717) is 10.1 Å². The average Bonchev–Trinajstić information content (AvgIpc) is 2.84. The van der Waals surface area contributed by atoms with Crippen molar-refractivity contribution in [1.29, 1.82) is 0 Å². The number of anilines is 2. The van der Waals surface area contributed by atoms with Crippen LogP contribution in [-0.4, -0.2) is 4.92 Å². The van der Waals surface area contributed by atoms with Crippen LogP contribution in [0, 0.1) is 10.1 Å². The molecular formula is C15H9F3N2O2S. The van der Waals surface area contributed by atoms with Crippen LogP contribution in [0.5, 0.6) is 0 Å². The Hall–Kier alpha value is -2.61. The topological polar surface area (TPSA) is 55.2 Å². The van der Waals surface area contributed by atoms with Gasteiger partial charge in [0, 0.05) is 10.4 Å². The highest BCUT2D eigenvalue weighted by Crippen LogP contribution is 2.43. The van der Waals surface area contributed by atoms with Crippen molar-refractivity contribution in [3.8, 4) is 0 Å². The lowest BCUT2D eigenvalue weighted by atomic mass is 10.2. The molecule has 4 nitrogen and oxygen atoms in total. The van der Waals surface area contributed by atoms with Crippen molar-refractivity contribution in [1.82, 2.24) is 0 Å². The van der Waals surface area contributed by atoms with Gasteiger partial charge in [-0.05, 0) is 30.3 Å². The number of hydrogen-bond donors (Lipinski definition) is 1. The number of thiophene rings is 1. The van der Waals surface area contributed by atoms with Gasteiger partial charge in [0.05, 0.1) is 15.9 Å². The fraction of sp³-hybridized carbons (Fsp3) is 0.0667. The van der Waals surface area contributed by atoms with Gasteiger partial charge in [-0.15, -0.1) is 11.3 Å². The molecule has 0 spiro atoms. The highest BCUT2D eigenvalue weighted by molar-refractivity contribution is 7.23. The Morgan fingerprint density at radius 2 is 1.83 bits per heavy atom. The molecule has 0 aliphatic rings. The third kappa shape index (κ3) is 2.98. The number of nitro groups is 1. The molecule has 0 unspecified atom stereocenters. The molecule has 0 saturated carbocycles. The lowest BCUT2D eigenvalue weighted by Crippen LogP contribution is -2.05. The first-order valence-electron chi connectivity index (χ1n) is 6.46. The molecular weight excluding hydrogens is 330 g/mol. The summed E-state index contributed by atoms with van der Waals surface area (Å²) < 4.78 is 38.9. The minimum Gasteiger partial charge on any atom is -0.341 e. The highest BCUT2D eigenvalue weighted by atomic mass is 32.1. The van der Waals surface area contributed by atoms with Gasteiger partial charge in [-0.2, -0.15) is 13.2 Å². The summed E-state index contributed by atoms with van der Waals surface area (Å²) in [6.07, 6.45) is -4.47. The lowest BCUT2D eigenvalue weighted by Gasteiger charge is -2.09. The molecule has 0 aliphatic carbocycles. The number of benzene rings is 2. The van der Waals surface area contributed by atoms with Crippen molar-refractivity contribution in [2.45, 2.75) is 6.18 Å². The lowest BCUT2D eigenvalue weighted by molar-refractivity contribution is -0.381. The molecule has 1 heterocycles. The maximum Gasteiger partial charge on any atom is 0.416 e. The van der Waals surface area contributed by atoms with Crippen molar-refractivity contribution >= 4 is 37.8 Å². The Bertz CT molecular complexity index is 890. The van der Waals surface area contributed by atoms with Crippen LogP contribution in [0.25, 0.3) is 10.1 Å². The maximum atomic E-state index is 12.7. The van der Waals surface area contributed by atoms with E-state index in [-0.39, 0.29) is 16.4 Å². The van der Waals surface area contributed by atoms with E-state index in [9.17, 15) is 23.3 Å². The van der Waals surface area contributed by atoms with Gasteiger partial charge in [-0.1, -0.05) is 18.2 Å². The number of nitrogens with zero attached hydrogens (tertiary/aromatic N) is 1. The zero-order chi connectivity index (χ0) is 16.6. The number of halogens is 3. The molecule has 0 atom stereocenters. The predicted molar refractivity (Wildman–Crippen MR) is 83.2 cm³/mol. The van der Waals surface area contributed by atoms with E-state index in [4.69, 9.17) is 0 Å². The quantitative estimate of drug-likeness (QED) is 0.501. The molecule has 0 amide bonds. The van der Waals surface area contributed by atoms with Crippen molar-refractivity contribution in [3.63, 3.8) is 0 Å². The molecule has 8 heteroatoms. The van der Waals surface area contributed by atoms with Gasteiger partial charge in [0.25, 0.3) is 0 Å². The van der Waals surface area contributed by atoms with Crippen LogP contribution in [0.15, 0.2) is 48.5 Å². The maximum absolute atomic E-state index is 12.7. The van der Waals surface area contributed by atoms with Crippen molar-refractivity contribution in [2.24, 2.45) is 0 Å². The molecule has 1 N–H and O–H groups in total. The summed E-state index contributed by atoms with van der Waals surface area (Å²) in [5.41, 5.74) is -0.802. The van der Waals surface area contributed by atoms with Gasteiger partial charge in [0.15, 0.2) is 5.00 Å².